The Bertz CT molecular complexity index is 1480. The molecule has 0 aliphatic carbocycles. The predicted octanol–water partition coefficient (Wildman–Crippen LogP) is 4.64. The highest BCUT2D eigenvalue weighted by Crippen LogP contribution is 2.34. The van der Waals surface area contributed by atoms with E-state index in [1.165, 1.54) is 0 Å². The topological polar surface area (TPSA) is 116 Å². The lowest BCUT2D eigenvalue weighted by molar-refractivity contribution is -0.138. The second kappa shape index (κ2) is 12.0. The molecule has 40 heavy (non-hydrogen) atoms. The van der Waals surface area contributed by atoms with Crippen molar-refractivity contribution in [3.05, 3.63) is 88.9 Å². The summed E-state index contributed by atoms with van der Waals surface area (Å²) in [6, 6.07) is 20.2. The van der Waals surface area contributed by atoms with Crippen LogP contribution in [-0.2, 0) is 20.4 Å². The number of aliphatic hydroxyl groups is 1. The maximum atomic E-state index is 13.5. The van der Waals surface area contributed by atoms with Crippen LogP contribution in [0.4, 0.5) is 5.69 Å². The van der Waals surface area contributed by atoms with E-state index in [9.17, 15) is 23.1 Å². The zero-order valence-corrected chi connectivity index (χ0v) is 24.3. The summed E-state index contributed by atoms with van der Waals surface area (Å²) in [6.07, 6.45) is 1.85. The first-order valence-corrected chi connectivity index (χ1v) is 15.4. The second-order valence-electron chi connectivity index (χ2n) is 10.6. The molecule has 0 saturated carbocycles. The zero-order valence-electron chi connectivity index (χ0n) is 22.7. The van der Waals surface area contributed by atoms with Crippen molar-refractivity contribution in [3.63, 3.8) is 0 Å². The minimum absolute atomic E-state index is 0.157. The van der Waals surface area contributed by atoms with E-state index in [1.807, 2.05) is 38.1 Å². The van der Waals surface area contributed by atoms with Crippen LogP contribution in [0, 0.1) is 5.92 Å². The van der Waals surface area contributed by atoms with Gasteiger partial charge in [0.2, 0.25) is 15.9 Å². The fourth-order valence-corrected chi connectivity index (χ4v) is 5.58. The number of nitrogens with zero attached hydrogens (tertiary/aromatic N) is 1. The Morgan fingerprint density at radius 3 is 2.15 bits per heavy atom. The SMILES string of the molecule is CC(C)[C@@H](NC(=O)c1cccc(-c2cccc(NS(C)(=O)=O)c2)c1)C(=O)N1CCC(O)(c2ccc(Cl)cc2)CC1. The first kappa shape index (κ1) is 29.6. The summed E-state index contributed by atoms with van der Waals surface area (Å²) in [6.45, 7) is 4.50. The molecule has 1 fully saturated rings. The highest BCUT2D eigenvalue weighted by Gasteiger charge is 2.38. The molecule has 1 aliphatic heterocycles. The van der Waals surface area contributed by atoms with Crippen LogP contribution in [0.1, 0.15) is 42.6 Å². The number of amides is 2. The van der Waals surface area contributed by atoms with Gasteiger partial charge in [-0.05, 0) is 71.8 Å². The molecular weight excluding hydrogens is 550 g/mol. The largest absolute Gasteiger partial charge is 0.385 e. The molecule has 8 nitrogen and oxygen atoms in total. The molecule has 2 amide bonds. The van der Waals surface area contributed by atoms with Gasteiger partial charge in [0.1, 0.15) is 6.04 Å². The minimum Gasteiger partial charge on any atom is -0.385 e. The average Bonchev–Trinajstić information content (AvgIpc) is 2.91. The third kappa shape index (κ3) is 7.21. The summed E-state index contributed by atoms with van der Waals surface area (Å²) in [5.74, 6) is -0.721. The lowest BCUT2D eigenvalue weighted by atomic mass is 9.84. The molecule has 3 aromatic carbocycles. The molecular formula is C30H34ClN3O5S. The molecule has 10 heteroatoms. The fraction of sp³-hybridized carbons (Fsp3) is 0.333. The van der Waals surface area contributed by atoms with Gasteiger partial charge in [0, 0.05) is 29.4 Å². The van der Waals surface area contributed by atoms with Crippen LogP contribution in [0.25, 0.3) is 11.1 Å². The van der Waals surface area contributed by atoms with E-state index in [0.717, 1.165) is 22.9 Å². The van der Waals surface area contributed by atoms with Crippen molar-refractivity contribution < 1.29 is 23.1 Å². The van der Waals surface area contributed by atoms with Gasteiger partial charge in [-0.3, -0.25) is 14.3 Å². The third-order valence-electron chi connectivity index (χ3n) is 7.13. The first-order valence-electron chi connectivity index (χ1n) is 13.1. The Balaban J connectivity index is 1.45. The molecule has 1 heterocycles. The molecule has 212 valence electrons. The number of rotatable bonds is 8. The number of anilines is 1. The number of sulfonamides is 1. The monoisotopic (exact) mass is 583 g/mol. The van der Waals surface area contributed by atoms with Crippen LogP contribution in [-0.4, -0.2) is 55.6 Å². The minimum atomic E-state index is -3.43. The summed E-state index contributed by atoms with van der Waals surface area (Å²) in [5.41, 5.74) is 2.01. The predicted molar refractivity (Wildman–Crippen MR) is 158 cm³/mol. The fourth-order valence-electron chi connectivity index (χ4n) is 4.90. The van der Waals surface area contributed by atoms with Gasteiger partial charge in [0.15, 0.2) is 0 Å². The maximum Gasteiger partial charge on any atom is 0.251 e. The van der Waals surface area contributed by atoms with Crippen LogP contribution >= 0.6 is 11.6 Å². The van der Waals surface area contributed by atoms with E-state index in [2.05, 4.69) is 10.0 Å². The van der Waals surface area contributed by atoms with Gasteiger partial charge in [-0.2, -0.15) is 0 Å². The zero-order chi connectivity index (χ0) is 29.1. The number of hydrogen-bond acceptors (Lipinski definition) is 5. The quantitative estimate of drug-likeness (QED) is 0.357. The molecule has 0 aromatic heterocycles. The number of likely N-dealkylation sites (tertiary alicyclic amines) is 1. The van der Waals surface area contributed by atoms with Gasteiger partial charge in [-0.25, -0.2) is 8.42 Å². The summed E-state index contributed by atoms with van der Waals surface area (Å²) in [7, 11) is -3.43. The van der Waals surface area contributed by atoms with E-state index in [4.69, 9.17) is 11.6 Å². The normalized spacial score (nSPS) is 15.9. The van der Waals surface area contributed by atoms with E-state index in [0.29, 0.717) is 42.2 Å². The number of carbonyl (C=O) groups excluding carboxylic acids is 2. The number of halogens is 1. The van der Waals surface area contributed by atoms with Crippen molar-refractivity contribution in [3.8, 4) is 11.1 Å². The van der Waals surface area contributed by atoms with Gasteiger partial charge in [-0.15, -0.1) is 0 Å². The third-order valence-corrected chi connectivity index (χ3v) is 7.99. The van der Waals surface area contributed by atoms with Crippen molar-refractivity contribution in [2.45, 2.75) is 38.3 Å². The Labute approximate surface area is 240 Å². The maximum absolute atomic E-state index is 13.5. The first-order chi connectivity index (χ1) is 18.8. The molecule has 1 aliphatic rings. The molecule has 3 N–H and O–H groups in total. The number of benzene rings is 3. The average molecular weight is 584 g/mol. The van der Waals surface area contributed by atoms with E-state index in [1.54, 1.807) is 53.4 Å². The summed E-state index contributed by atoms with van der Waals surface area (Å²) < 4.78 is 25.7. The molecule has 0 bridgehead atoms. The lowest BCUT2D eigenvalue weighted by Crippen LogP contribution is -2.54. The van der Waals surface area contributed by atoms with Crippen molar-refractivity contribution >= 4 is 39.1 Å². The lowest BCUT2D eigenvalue weighted by Gasteiger charge is -2.40. The van der Waals surface area contributed by atoms with Crippen LogP contribution in [0.3, 0.4) is 0 Å². The van der Waals surface area contributed by atoms with Crippen LogP contribution in [0.5, 0.6) is 0 Å². The van der Waals surface area contributed by atoms with Gasteiger partial charge < -0.3 is 15.3 Å². The Morgan fingerprint density at radius 2 is 1.55 bits per heavy atom. The molecule has 0 unspecified atom stereocenters. The number of carbonyl (C=O) groups is 2. The van der Waals surface area contributed by atoms with Crippen molar-refractivity contribution in [1.29, 1.82) is 0 Å². The summed E-state index contributed by atoms with van der Waals surface area (Å²) >= 11 is 5.99. The van der Waals surface area contributed by atoms with Gasteiger partial charge in [0.25, 0.3) is 5.91 Å². The Morgan fingerprint density at radius 1 is 0.950 bits per heavy atom. The van der Waals surface area contributed by atoms with E-state index < -0.39 is 21.7 Å². The standard InChI is InChI=1S/C30H34ClN3O5S/c1-20(2)27(29(36)34-16-14-30(37,15-17-34)24-10-12-25(31)13-11-24)32-28(35)23-8-4-6-21(18-23)22-7-5-9-26(19-22)33-40(3,38)39/h4-13,18-20,27,33,37H,14-17H2,1-3H3,(H,32,35)/t27-/m1/s1. The van der Waals surface area contributed by atoms with Crippen molar-refractivity contribution in [1.82, 2.24) is 10.2 Å². The van der Waals surface area contributed by atoms with Gasteiger partial charge >= 0.3 is 0 Å². The highest BCUT2D eigenvalue weighted by molar-refractivity contribution is 7.92. The molecule has 1 saturated heterocycles. The number of nitrogens with one attached hydrogen (secondary N) is 2. The number of piperidine rings is 1. The van der Waals surface area contributed by atoms with Crippen molar-refractivity contribution in [2.24, 2.45) is 5.92 Å². The van der Waals surface area contributed by atoms with Gasteiger partial charge in [-0.1, -0.05) is 61.8 Å². The second-order valence-corrected chi connectivity index (χ2v) is 12.8. The van der Waals surface area contributed by atoms with E-state index in [-0.39, 0.29) is 17.7 Å². The van der Waals surface area contributed by atoms with Crippen LogP contribution in [0.2, 0.25) is 5.02 Å². The van der Waals surface area contributed by atoms with Crippen LogP contribution in [0.15, 0.2) is 72.8 Å². The smallest absolute Gasteiger partial charge is 0.251 e. The summed E-state index contributed by atoms with van der Waals surface area (Å²) in [4.78, 5) is 28.5. The molecule has 3 aromatic rings. The molecule has 1 atom stereocenters. The molecule has 4 rings (SSSR count). The Kier molecular flexibility index (Phi) is 8.87. The Hall–Kier alpha value is -3.40. The molecule has 0 spiro atoms. The number of hydrogen-bond donors (Lipinski definition) is 3. The highest BCUT2D eigenvalue weighted by atomic mass is 35.5. The molecule has 0 radical (unpaired) electrons. The van der Waals surface area contributed by atoms with Crippen molar-refractivity contribution in [2.75, 3.05) is 24.1 Å². The summed E-state index contributed by atoms with van der Waals surface area (Å²) in [5, 5.41) is 14.7. The van der Waals surface area contributed by atoms with Gasteiger partial charge in [0.05, 0.1) is 11.9 Å². The van der Waals surface area contributed by atoms with Crippen LogP contribution < -0.4 is 10.0 Å². The van der Waals surface area contributed by atoms with E-state index >= 15 is 0 Å².